The second-order valence-electron chi connectivity index (χ2n) is 9.67. The molecule has 0 saturated heterocycles. The highest BCUT2D eigenvalue weighted by Gasteiger charge is 2.32. The summed E-state index contributed by atoms with van der Waals surface area (Å²) in [5, 5.41) is 2.77. The fourth-order valence-corrected chi connectivity index (χ4v) is 5.45. The quantitative estimate of drug-likeness (QED) is 0.409. The molecule has 0 unspecified atom stereocenters. The molecule has 0 bridgehead atoms. The Morgan fingerprint density at radius 1 is 0.842 bits per heavy atom. The first-order valence-electron chi connectivity index (χ1n) is 12.7. The van der Waals surface area contributed by atoms with Gasteiger partial charge in [0.05, 0.1) is 10.6 Å². The molecule has 202 valence electrons. The highest BCUT2D eigenvalue weighted by Crippen LogP contribution is 2.27. The standard InChI is InChI=1S/C30H37N3O4S/c1-7-31-30(35)25(6)32(19-26-13-8-21(2)9-14-26)29(34)20-33(27-15-12-23(4)24(5)18-27)38(36,37)28-16-10-22(3)11-17-28/h8-18,25H,7,19-20H2,1-6H3,(H,31,35)/t25-/m0/s1. The maximum absolute atomic E-state index is 13.9. The first kappa shape index (κ1) is 28.9. The van der Waals surface area contributed by atoms with Crippen molar-refractivity contribution < 1.29 is 18.0 Å². The number of hydrogen-bond donors (Lipinski definition) is 1. The van der Waals surface area contributed by atoms with Gasteiger partial charge in [0.15, 0.2) is 0 Å². The summed E-state index contributed by atoms with van der Waals surface area (Å²) in [5.41, 5.74) is 5.17. The predicted octanol–water partition coefficient (Wildman–Crippen LogP) is 4.67. The lowest BCUT2D eigenvalue weighted by atomic mass is 10.1. The summed E-state index contributed by atoms with van der Waals surface area (Å²) in [6.07, 6.45) is 0. The Labute approximate surface area is 226 Å². The summed E-state index contributed by atoms with van der Waals surface area (Å²) in [5.74, 6) is -0.773. The van der Waals surface area contributed by atoms with Gasteiger partial charge in [-0.25, -0.2) is 8.42 Å². The Balaban J connectivity index is 2.05. The molecule has 8 heteroatoms. The molecule has 0 saturated carbocycles. The van der Waals surface area contributed by atoms with Crippen molar-refractivity contribution in [2.24, 2.45) is 0 Å². The van der Waals surface area contributed by atoms with Crippen LogP contribution in [0.3, 0.4) is 0 Å². The molecule has 38 heavy (non-hydrogen) atoms. The molecule has 0 aromatic heterocycles. The van der Waals surface area contributed by atoms with Gasteiger partial charge < -0.3 is 10.2 Å². The Morgan fingerprint density at radius 2 is 1.42 bits per heavy atom. The number of carbonyl (C=O) groups is 2. The maximum Gasteiger partial charge on any atom is 0.264 e. The Bertz CT molecular complexity index is 1380. The van der Waals surface area contributed by atoms with Gasteiger partial charge in [0.25, 0.3) is 10.0 Å². The van der Waals surface area contributed by atoms with Gasteiger partial charge in [0.2, 0.25) is 11.8 Å². The monoisotopic (exact) mass is 535 g/mol. The highest BCUT2D eigenvalue weighted by atomic mass is 32.2. The van der Waals surface area contributed by atoms with E-state index in [-0.39, 0.29) is 17.3 Å². The van der Waals surface area contributed by atoms with Gasteiger partial charge in [0.1, 0.15) is 12.6 Å². The van der Waals surface area contributed by atoms with Crippen molar-refractivity contribution in [3.05, 3.63) is 94.5 Å². The molecule has 3 rings (SSSR count). The van der Waals surface area contributed by atoms with E-state index >= 15 is 0 Å². The molecule has 3 aromatic rings. The smallest absolute Gasteiger partial charge is 0.264 e. The fourth-order valence-electron chi connectivity index (χ4n) is 4.04. The molecule has 1 N–H and O–H groups in total. The number of nitrogens with zero attached hydrogens (tertiary/aromatic N) is 2. The number of rotatable bonds is 10. The molecule has 2 amide bonds. The number of aryl methyl sites for hydroxylation is 4. The second kappa shape index (κ2) is 12.3. The van der Waals surface area contributed by atoms with Crippen molar-refractivity contribution in [3.8, 4) is 0 Å². The SMILES string of the molecule is CCNC(=O)[C@H](C)N(Cc1ccc(C)cc1)C(=O)CN(c1ccc(C)c(C)c1)S(=O)(=O)c1ccc(C)cc1. The third kappa shape index (κ3) is 6.81. The van der Waals surface area contributed by atoms with Crippen LogP contribution in [0.2, 0.25) is 0 Å². The van der Waals surface area contributed by atoms with E-state index in [4.69, 9.17) is 0 Å². The van der Waals surface area contributed by atoms with Crippen LogP contribution in [-0.2, 0) is 26.2 Å². The van der Waals surface area contributed by atoms with Crippen molar-refractivity contribution in [2.75, 3.05) is 17.4 Å². The summed E-state index contributed by atoms with van der Waals surface area (Å²) in [6.45, 7) is 11.3. The van der Waals surface area contributed by atoms with Crippen LogP contribution < -0.4 is 9.62 Å². The number of likely N-dealkylation sites (N-methyl/N-ethyl adjacent to an activating group) is 1. The van der Waals surface area contributed by atoms with Crippen LogP contribution in [0.4, 0.5) is 5.69 Å². The van der Waals surface area contributed by atoms with E-state index in [0.717, 1.165) is 32.1 Å². The first-order valence-corrected chi connectivity index (χ1v) is 14.2. The summed E-state index contributed by atoms with van der Waals surface area (Å²) in [7, 11) is -4.08. The minimum Gasteiger partial charge on any atom is -0.355 e. The van der Waals surface area contributed by atoms with Crippen LogP contribution in [0.15, 0.2) is 71.6 Å². The number of anilines is 1. The number of hydrogen-bond acceptors (Lipinski definition) is 4. The van der Waals surface area contributed by atoms with Gasteiger partial charge in [-0.2, -0.15) is 0 Å². The fraction of sp³-hybridized carbons (Fsp3) is 0.333. The molecule has 0 aliphatic heterocycles. The molecular formula is C30H37N3O4S. The average molecular weight is 536 g/mol. The van der Waals surface area contributed by atoms with E-state index < -0.39 is 28.5 Å². The molecule has 1 atom stereocenters. The van der Waals surface area contributed by atoms with Crippen LogP contribution in [0.1, 0.15) is 41.7 Å². The largest absolute Gasteiger partial charge is 0.355 e. The van der Waals surface area contributed by atoms with Crippen LogP contribution in [-0.4, -0.2) is 44.3 Å². The van der Waals surface area contributed by atoms with E-state index in [1.54, 1.807) is 43.3 Å². The molecule has 7 nitrogen and oxygen atoms in total. The summed E-state index contributed by atoms with van der Waals surface area (Å²) in [6, 6.07) is 18.8. The number of carbonyl (C=O) groups excluding carboxylic acids is 2. The number of amides is 2. The van der Waals surface area contributed by atoms with Gasteiger partial charge in [-0.05, 0) is 82.5 Å². The van der Waals surface area contributed by atoms with Gasteiger partial charge in [-0.3, -0.25) is 13.9 Å². The zero-order valence-corrected chi connectivity index (χ0v) is 23.8. The third-order valence-corrected chi connectivity index (χ3v) is 8.45. The first-order chi connectivity index (χ1) is 17.9. The Kier molecular flexibility index (Phi) is 9.33. The van der Waals surface area contributed by atoms with Gasteiger partial charge in [0, 0.05) is 13.1 Å². The lowest BCUT2D eigenvalue weighted by molar-refractivity contribution is -0.139. The van der Waals surface area contributed by atoms with Crippen molar-refractivity contribution in [3.63, 3.8) is 0 Å². The molecule has 3 aromatic carbocycles. The predicted molar refractivity (Wildman–Crippen MR) is 152 cm³/mol. The van der Waals surface area contributed by atoms with E-state index in [2.05, 4.69) is 5.32 Å². The molecule has 0 radical (unpaired) electrons. The number of sulfonamides is 1. The molecule has 0 heterocycles. The van der Waals surface area contributed by atoms with Gasteiger partial charge in [-0.1, -0.05) is 53.6 Å². The van der Waals surface area contributed by atoms with Crippen LogP contribution >= 0.6 is 0 Å². The molecule has 0 aliphatic rings. The molecule has 0 fully saturated rings. The molecule has 0 spiro atoms. The van der Waals surface area contributed by atoms with Crippen LogP contribution in [0.25, 0.3) is 0 Å². The van der Waals surface area contributed by atoms with E-state index in [1.165, 1.54) is 4.90 Å². The highest BCUT2D eigenvalue weighted by molar-refractivity contribution is 7.92. The van der Waals surface area contributed by atoms with E-state index in [0.29, 0.717) is 12.2 Å². The van der Waals surface area contributed by atoms with Gasteiger partial charge in [-0.15, -0.1) is 0 Å². The van der Waals surface area contributed by atoms with Crippen molar-refractivity contribution in [1.82, 2.24) is 10.2 Å². The van der Waals surface area contributed by atoms with Crippen LogP contribution in [0, 0.1) is 27.7 Å². The average Bonchev–Trinajstić information content (AvgIpc) is 2.88. The molecular weight excluding hydrogens is 498 g/mol. The van der Waals surface area contributed by atoms with E-state index in [1.807, 2.05) is 65.0 Å². The topological polar surface area (TPSA) is 86.8 Å². The summed E-state index contributed by atoms with van der Waals surface area (Å²) < 4.78 is 28.9. The normalized spacial score (nSPS) is 12.1. The number of nitrogens with one attached hydrogen (secondary N) is 1. The maximum atomic E-state index is 13.9. The van der Waals surface area contributed by atoms with Gasteiger partial charge >= 0.3 is 0 Å². The van der Waals surface area contributed by atoms with Crippen molar-refractivity contribution in [1.29, 1.82) is 0 Å². The van der Waals surface area contributed by atoms with Crippen molar-refractivity contribution in [2.45, 2.75) is 59.0 Å². The third-order valence-electron chi connectivity index (χ3n) is 6.66. The zero-order valence-electron chi connectivity index (χ0n) is 23.0. The minimum absolute atomic E-state index is 0.0935. The van der Waals surface area contributed by atoms with E-state index in [9.17, 15) is 18.0 Å². The summed E-state index contributed by atoms with van der Waals surface area (Å²) in [4.78, 5) is 28.2. The number of benzene rings is 3. The lowest BCUT2D eigenvalue weighted by Gasteiger charge is -2.32. The lowest BCUT2D eigenvalue weighted by Crippen LogP contribution is -2.51. The zero-order chi connectivity index (χ0) is 28.0. The summed E-state index contributed by atoms with van der Waals surface area (Å²) >= 11 is 0. The Hall–Kier alpha value is -3.65. The second-order valence-corrected chi connectivity index (χ2v) is 11.5. The molecule has 0 aliphatic carbocycles. The van der Waals surface area contributed by atoms with Crippen LogP contribution in [0.5, 0.6) is 0 Å². The Morgan fingerprint density at radius 3 is 1.97 bits per heavy atom. The van der Waals surface area contributed by atoms with Crippen molar-refractivity contribution >= 4 is 27.5 Å². The minimum atomic E-state index is -4.08.